The first-order valence-corrected chi connectivity index (χ1v) is 45.3. The van der Waals surface area contributed by atoms with Crippen molar-refractivity contribution in [2.45, 2.75) is 0 Å². The van der Waals surface area contributed by atoms with Gasteiger partial charge in [-0.2, -0.15) is 0 Å². The normalized spacial score (nSPS) is 12.0. The van der Waals surface area contributed by atoms with Gasteiger partial charge in [-0.15, -0.1) is 45.3 Å². The number of rotatable bonds is 13. The lowest BCUT2D eigenvalue weighted by Gasteiger charge is -2.12. The summed E-state index contributed by atoms with van der Waals surface area (Å²) >= 11 is 7.27. The molecule has 0 saturated carbocycles. The first-order chi connectivity index (χ1) is 62.3. The summed E-state index contributed by atoms with van der Waals surface area (Å²) in [5, 5.41) is 14.0. The zero-order chi connectivity index (χ0) is 82.6. The first kappa shape index (κ1) is 72.1. The van der Waals surface area contributed by atoms with Gasteiger partial charge < -0.3 is 8.83 Å². The fourth-order valence-corrected chi connectivity index (χ4v) is 23.2. The third-order valence-electron chi connectivity index (χ3n) is 24.8. The van der Waals surface area contributed by atoms with E-state index in [1.165, 1.54) is 114 Å². The highest BCUT2D eigenvalue weighted by atomic mass is 32.1. The minimum absolute atomic E-state index is 0.550. The van der Waals surface area contributed by atoms with Gasteiger partial charge in [0.05, 0.1) is 0 Å². The molecule has 0 unspecified atom stereocenters. The van der Waals surface area contributed by atoms with Crippen LogP contribution in [0.25, 0.3) is 271 Å². The summed E-state index contributed by atoms with van der Waals surface area (Å²) in [5.41, 5.74) is 24.5. The molecule has 0 atom stereocenters. The van der Waals surface area contributed by atoms with Gasteiger partial charge in [0.1, 0.15) is 22.3 Å². The van der Waals surface area contributed by atoms with Crippen LogP contribution in [0.3, 0.4) is 0 Å². The number of hydrogen-bond acceptors (Lipinski definition) is 12. The van der Waals surface area contributed by atoms with E-state index in [0.717, 1.165) is 122 Å². The molecule has 0 fully saturated rings. The molecular formula is C114H64N6O2S4. The second-order valence-electron chi connectivity index (χ2n) is 32.3. The number of nitrogens with zero attached hydrogens (tertiary/aromatic N) is 6. The number of benzene rings is 18. The Hall–Kier alpha value is -15.5. The van der Waals surface area contributed by atoms with Gasteiger partial charge in [0, 0.05) is 141 Å². The van der Waals surface area contributed by atoms with E-state index in [2.05, 4.69) is 358 Å². The Morgan fingerprint density at radius 2 is 0.460 bits per heavy atom. The van der Waals surface area contributed by atoms with E-state index in [1.54, 1.807) is 22.7 Å². The molecule has 0 spiro atoms. The Balaban J connectivity index is 0.529. The maximum Gasteiger partial charge on any atom is 0.164 e. The average Bonchev–Trinajstić information content (AvgIpc) is 1.60. The fraction of sp³-hybridized carbons (Fsp3) is 0. The van der Waals surface area contributed by atoms with E-state index >= 15 is 0 Å². The van der Waals surface area contributed by atoms with Crippen molar-refractivity contribution in [2.24, 2.45) is 0 Å². The Labute approximate surface area is 737 Å². The topological polar surface area (TPSA) is 104 Å². The summed E-state index contributed by atoms with van der Waals surface area (Å²) in [6, 6.07) is 139. The van der Waals surface area contributed by atoms with Crippen LogP contribution >= 0.6 is 45.3 Å². The maximum absolute atomic E-state index is 6.85. The van der Waals surface area contributed by atoms with Crippen LogP contribution < -0.4 is 0 Å². The van der Waals surface area contributed by atoms with E-state index in [9.17, 15) is 0 Å². The van der Waals surface area contributed by atoms with Crippen molar-refractivity contribution in [1.29, 1.82) is 0 Å². The van der Waals surface area contributed by atoms with Crippen LogP contribution in [0, 0.1) is 0 Å². The van der Waals surface area contributed by atoms with E-state index in [4.69, 9.17) is 38.7 Å². The van der Waals surface area contributed by atoms with Gasteiger partial charge in [0.2, 0.25) is 0 Å². The first-order valence-electron chi connectivity index (χ1n) is 42.0. The Morgan fingerprint density at radius 1 is 0.143 bits per heavy atom. The van der Waals surface area contributed by atoms with Gasteiger partial charge in [0.25, 0.3) is 0 Å². The molecule has 0 N–H and O–H groups in total. The van der Waals surface area contributed by atoms with Gasteiger partial charge in [-0.25, -0.2) is 29.9 Å². The molecule has 18 aromatic carbocycles. The van der Waals surface area contributed by atoms with E-state index in [-0.39, 0.29) is 0 Å². The number of hydrogen-bond donors (Lipinski definition) is 0. The van der Waals surface area contributed by atoms with E-state index in [1.807, 2.05) is 53.0 Å². The molecule has 26 aromatic rings. The monoisotopic (exact) mass is 1680 g/mol. The van der Waals surface area contributed by atoms with Gasteiger partial charge in [0.15, 0.2) is 34.9 Å². The fourth-order valence-electron chi connectivity index (χ4n) is 18.5. The van der Waals surface area contributed by atoms with Gasteiger partial charge in [-0.3, -0.25) is 0 Å². The highest BCUT2D eigenvalue weighted by Crippen LogP contribution is 2.49. The second kappa shape index (κ2) is 29.1. The van der Waals surface area contributed by atoms with Crippen LogP contribution in [-0.4, -0.2) is 29.9 Å². The second-order valence-corrected chi connectivity index (χ2v) is 36.6. The molecule has 0 saturated heterocycles. The van der Waals surface area contributed by atoms with Crippen molar-refractivity contribution < 1.29 is 8.83 Å². The highest BCUT2D eigenvalue weighted by Gasteiger charge is 2.24. The smallest absolute Gasteiger partial charge is 0.164 e. The van der Waals surface area contributed by atoms with Crippen LogP contribution in [0.15, 0.2) is 397 Å². The number of thiophene rings is 4. The molecule has 8 aromatic heterocycles. The maximum atomic E-state index is 6.85. The predicted octanol–water partition coefficient (Wildman–Crippen LogP) is 33.0. The van der Waals surface area contributed by atoms with Crippen molar-refractivity contribution in [2.75, 3.05) is 0 Å². The molecule has 0 aliphatic rings. The number of fused-ring (bicyclic) bond motifs is 18. The van der Waals surface area contributed by atoms with Crippen LogP contribution in [-0.2, 0) is 0 Å². The van der Waals surface area contributed by atoms with Gasteiger partial charge in [-0.05, 0) is 188 Å². The summed E-state index contributed by atoms with van der Waals surface area (Å²) < 4.78 is 23.4. The van der Waals surface area contributed by atoms with Crippen LogP contribution in [0.2, 0.25) is 0 Å². The Bertz CT molecular complexity index is 8980. The quantitative estimate of drug-likeness (QED) is 0.112. The minimum Gasteiger partial charge on any atom is -0.456 e. The Kier molecular flexibility index (Phi) is 16.6. The molecule has 0 radical (unpaired) electrons. The van der Waals surface area contributed by atoms with E-state index < -0.39 is 0 Å². The van der Waals surface area contributed by atoms with Crippen molar-refractivity contribution in [3.63, 3.8) is 0 Å². The zero-order valence-electron chi connectivity index (χ0n) is 67.1. The lowest BCUT2D eigenvalue weighted by Crippen LogP contribution is -2.00. The summed E-state index contributed by atoms with van der Waals surface area (Å²) in [4.78, 5) is 31.5. The molecule has 0 amide bonds. The number of furan rings is 2. The standard InChI is InChI=1S/C114H64N6O2S4/c1-5-18-65(19-6-1)73-36-46-88-95-63-90(68-22-9-3-10-23-68)91(64-107(95)125-103(88)59-73)75-43-51-98-94(54-75)83-45-39-78(58-100(83)122-98)112-117-110(118-114(120-112)80-41-49-87-85-29-14-16-31-102(85)124-105(87)62-80)76-27-17-26-71(52-76)67-32-34-69(35-33-67)92-55-81(66-20-7-2-8-21-66)56-96-89-47-37-74(60-106(89)126-108(92)96)72-42-50-97-93(53-72)82-44-38-77(57-99(82)121-97)111-115-109(70-24-11-4-12-25-70)116-113(119-111)79-40-48-86-84-28-13-15-30-101(84)123-104(86)61-79/h1-64H. The van der Waals surface area contributed by atoms with Gasteiger partial charge >= 0.3 is 0 Å². The van der Waals surface area contributed by atoms with E-state index in [0.29, 0.717) is 34.9 Å². The summed E-state index contributed by atoms with van der Waals surface area (Å²) in [6.07, 6.45) is 0. The SMILES string of the molecule is c1ccc(-c2ccc3c(c2)sc2cc(-c4ccc5oc6cc(-c7nc(-c8cccc(-c9ccc(-c%10cc(-c%11ccccc%11)cc%11c%10sc%10cc(-c%12ccc%13oc%14cc(-c%15nc(-c%16ccccc%16)nc(-c%16ccc%17c(c%16)sc%16ccccc%16%17)n%15)ccc%14c%13c%12)ccc%10%11)cc9)c8)nc(-c8ccc9c(c8)sc8ccccc89)n7)ccc6c5c4)c(-c4ccccc4)cc23)cc1. The molecule has 0 bridgehead atoms. The highest BCUT2D eigenvalue weighted by molar-refractivity contribution is 7.27. The molecule has 26 rings (SSSR count). The van der Waals surface area contributed by atoms with Gasteiger partial charge in [-0.1, -0.05) is 273 Å². The third-order valence-corrected chi connectivity index (χ3v) is 29.4. The molecular weight excluding hydrogens is 1610 g/mol. The molecule has 8 nitrogen and oxygen atoms in total. The summed E-state index contributed by atoms with van der Waals surface area (Å²) in [5.74, 6) is 3.51. The molecule has 126 heavy (non-hydrogen) atoms. The van der Waals surface area contributed by atoms with Crippen LogP contribution in [0.4, 0.5) is 0 Å². The number of aromatic nitrogens is 6. The average molecular weight is 1680 g/mol. The molecule has 8 heterocycles. The van der Waals surface area contributed by atoms with Crippen molar-refractivity contribution in [3.05, 3.63) is 388 Å². The van der Waals surface area contributed by atoms with Crippen molar-refractivity contribution >= 4 is 170 Å². The molecule has 586 valence electrons. The molecule has 0 aliphatic heterocycles. The minimum atomic E-state index is 0.550. The van der Waals surface area contributed by atoms with Crippen molar-refractivity contribution in [3.8, 4) is 146 Å². The lowest BCUT2D eigenvalue weighted by atomic mass is 9.92. The third kappa shape index (κ3) is 12.3. The molecule has 12 heteroatoms. The largest absolute Gasteiger partial charge is 0.456 e. The Morgan fingerprint density at radius 3 is 1.02 bits per heavy atom. The van der Waals surface area contributed by atoms with Crippen LogP contribution in [0.5, 0.6) is 0 Å². The van der Waals surface area contributed by atoms with Crippen molar-refractivity contribution in [1.82, 2.24) is 29.9 Å². The van der Waals surface area contributed by atoms with Crippen LogP contribution in [0.1, 0.15) is 0 Å². The molecule has 0 aliphatic carbocycles. The summed E-state index contributed by atoms with van der Waals surface area (Å²) in [6.45, 7) is 0. The summed E-state index contributed by atoms with van der Waals surface area (Å²) in [7, 11) is 0. The predicted molar refractivity (Wildman–Crippen MR) is 530 cm³/mol. The lowest BCUT2D eigenvalue weighted by molar-refractivity contribution is 0.668. The zero-order valence-corrected chi connectivity index (χ0v) is 70.3.